The van der Waals surface area contributed by atoms with Crippen molar-refractivity contribution < 1.29 is 4.79 Å². The number of carbonyl (C=O) groups is 1. The van der Waals surface area contributed by atoms with Crippen LogP contribution in [0.3, 0.4) is 0 Å². The van der Waals surface area contributed by atoms with Crippen LogP contribution in [-0.2, 0) is 6.54 Å². The molecule has 5 nitrogen and oxygen atoms in total. The molecule has 4 rings (SSSR count). The van der Waals surface area contributed by atoms with Crippen molar-refractivity contribution in [1.82, 2.24) is 20.1 Å². The third kappa shape index (κ3) is 2.50. The average Bonchev–Trinajstić information content (AvgIpc) is 3.05. The van der Waals surface area contributed by atoms with E-state index in [-0.39, 0.29) is 5.91 Å². The van der Waals surface area contributed by atoms with Crippen molar-refractivity contribution in [3.63, 3.8) is 0 Å². The maximum Gasteiger partial charge on any atom is 0.275 e. The van der Waals surface area contributed by atoms with Gasteiger partial charge >= 0.3 is 0 Å². The van der Waals surface area contributed by atoms with Gasteiger partial charge in [-0.2, -0.15) is 5.10 Å². The average molecular weight is 316 g/mol. The number of benzene rings is 2. The molecule has 24 heavy (non-hydrogen) atoms. The Morgan fingerprint density at radius 2 is 1.83 bits per heavy atom. The summed E-state index contributed by atoms with van der Waals surface area (Å²) in [4.78, 5) is 19.0. The fourth-order valence-corrected chi connectivity index (χ4v) is 2.82. The summed E-state index contributed by atoms with van der Waals surface area (Å²) in [6, 6.07) is 19.6. The summed E-state index contributed by atoms with van der Waals surface area (Å²) in [6.07, 6.45) is 0. The molecule has 2 heterocycles. The summed E-state index contributed by atoms with van der Waals surface area (Å²) in [6.45, 7) is 0.435. The Bertz CT molecular complexity index is 1040. The summed E-state index contributed by atoms with van der Waals surface area (Å²) in [5.41, 5.74) is 3.08. The Kier molecular flexibility index (Phi) is 3.46. The molecule has 0 unspecified atom stereocenters. The van der Waals surface area contributed by atoms with Crippen molar-refractivity contribution >= 4 is 27.7 Å². The van der Waals surface area contributed by atoms with Crippen LogP contribution in [-0.4, -0.2) is 33.0 Å². The number of nitrogens with one attached hydrogen (secondary N) is 1. The van der Waals surface area contributed by atoms with E-state index in [1.54, 1.807) is 11.9 Å². The zero-order valence-corrected chi connectivity index (χ0v) is 13.2. The van der Waals surface area contributed by atoms with Crippen LogP contribution in [0.5, 0.6) is 0 Å². The first kappa shape index (κ1) is 14.4. The first-order valence-corrected chi connectivity index (χ1v) is 7.75. The second-order valence-electron chi connectivity index (χ2n) is 5.77. The molecular weight excluding hydrogens is 300 g/mol. The van der Waals surface area contributed by atoms with Gasteiger partial charge in [-0.25, -0.2) is 0 Å². The van der Waals surface area contributed by atoms with Crippen molar-refractivity contribution in [2.75, 3.05) is 7.05 Å². The monoisotopic (exact) mass is 316 g/mol. The number of hydrogen-bond acceptors (Lipinski definition) is 3. The molecule has 0 spiro atoms. The number of carbonyl (C=O) groups excluding carboxylic acids is 1. The molecule has 5 heteroatoms. The lowest BCUT2D eigenvalue weighted by Gasteiger charge is -2.16. The lowest BCUT2D eigenvalue weighted by atomic mass is 10.2. The first-order valence-electron chi connectivity index (χ1n) is 7.75. The van der Waals surface area contributed by atoms with E-state index in [1.807, 2.05) is 60.7 Å². The highest BCUT2D eigenvalue weighted by Crippen LogP contribution is 2.18. The molecule has 2 aromatic heterocycles. The van der Waals surface area contributed by atoms with Gasteiger partial charge in [0.2, 0.25) is 0 Å². The van der Waals surface area contributed by atoms with Gasteiger partial charge in [0, 0.05) is 17.8 Å². The standard InChI is InChI=1S/C19H16N4O/c1-23(12-14-11-10-13-6-2-4-8-16(13)20-14)19(24)18-15-7-3-5-9-17(15)21-22-18/h2-11H,12H2,1H3,(H,21,22). The minimum Gasteiger partial charge on any atom is -0.334 e. The number of para-hydroxylation sites is 2. The number of nitrogens with zero attached hydrogens (tertiary/aromatic N) is 3. The van der Waals surface area contributed by atoms with Gasteiger partial charge in [0.05, 0.1) is 23.3 Å². The Morgan fingerprint density at radius 1 is 1.04 bits per heavy atom. The third-order valence-electron chi connectivity index (χ3n) is 4.07. The van der Waals surface area contributed by atoms with Crippen molar-refractivity contribution in [3.8, 4) is 0 Å². The van der Waals surface area contributed by atoms with Gasteiger partial charge < -0.3 is 4.90 Å². The molecule has 118 valence electrons. The molecule has 1 amide bonds. The predicted molar refractivity (Wildman–Crippen MR) is 93.6 cm³/mol. The smallest absolute Gasteiger partial charge is 0.275 e. The van der Waals surface area contributed by atoms with Gasteiger partial charge in [-0.15, -0.1) is 0 Å². The maximum atomic E-state index is 12.7. The normalized spacial score (nSPS) is 11.0. The van der Waals surface area contributed by atoms with E-state index in [4.69, 9.17) is 0 Å². The summed E-state index contributed by atoms with van der Waals surface area (Å²) in [5, 5.41) is 9.00. The van der Waals surface area contributed by atoms with E-state index in [9.17, 15) is 4.79 Å². The molecule has 2 aromatic carbocycles. The summed E-state index contributed by atoms with van der Waals surface area (Å²) in [7, 11) is 1.77. The van der Waals surface area contributed by atoms with Crippen LogP contribution in [0.4, 0.5) is 0 Å². The topological polar surface area (TPSA) is 61.9 Å². The van der Waals surface area contributed by atoms with E-state index in [0.29, 0.717) is 12.2 Å². The molecule has 0 aliphatic heterocycles. The molecule has 1 N–H and O–H groups in total. The van der Waals surface area contributed by atoms with Crippen molar-refractivity contribution in [1.29, 1.82) is 0 Å². The van der Waals surface area contributed by atoms with Crippen LogP contribution >= 0.6 is 0 Å². The highest BCUT2D eigenvalue weighted by atomic mass is 16.2. The fourth-order valence-electron chi connectivity index (χ4n) is 2.82. The van der Waals surface area contributed by atoms with Crippen molar-refractivity contribution in [2.24, 2.45) is 0 Å². The Morgan fingerprint density at radius 3 is 2.75 bits per heavy atom. The molecule has 4 aromatic rings. The molecule has 0 saturated carbocycles. The Hall–Kier alpha value is -3.21. The van der Waals surface area contributed by atoms with Crippen LogP contribution in [0, 0.1) is 0 Å². The van der Waals surface area contributed by atoms with Gasteiger partial charge in [0.25, 0.3) is 5.91 Å². The number of H-pyrrole nitrogens is 1. The number of fused-ring (bicyclic) bond motifs is 2. The Balaban J connectivity index is 1.60. The molecule has 0 radical (unpaired) electrons. The van der Waals surface area contributed by atoms with Gasteiger partial charge in [0.15, 0.2) is 5.69 Å². The zero-order chi connectivity index (χ0) is 16.5. The molecule has 0 bridgehead atoms. The molecule has 0 atom stereocenters. The maximum absolute atomic E-state index is 12.7. The van der Waals surface area contributed by atoms with Gasteiger partial charge in [-0.05, 0) is 18.2 Å². The van der Waals surface area contributed by atoms with Crippen molar-refractivity contribution in [3.05, 3.63) is 72.1 Å². The minimum atomic E-state index is -0.123. The minimum absolute atomic E-state index is 0.123. The fraction of sp³-hybridized carbons (Fsp3) is 0.105. The van der Waals surface area contributed by atoms with E-state index in [1.165, 1.54) is 0 Å². The van der Waals surface area contributed by atoms with Crippen LogP contribution < -0.4 is 0 Å². The van der Waals surface area contributed by atoms with Crippen LogP contribution in [0.2, 0.25) is 0 Å². The van der Waals surface area contributed by atoms with E-state index in [2.05, 4.69) is 15.2 Å². The highest BCUT2D eigenvalue weighted by Gasteiger charge is 2.18. The number of rotatable bonds is 3. The van der Waals surface area contributed by atoms with E-state index >= 15 is 0 Å². The summed E-state index contributed by atoms with van der Waals surface area (Å²) < 4.78 is 0. The first-order chi connectivity index (χ1) is 11.7. The lowest BCUT2D eigenvalue weighted by Crippen LogP contribution is -2.27. The second-order valence-corrected chi connectivity index (χ2v) is 5.77. The molecular formula is C19H16N4O. The van der Waals surface area contributed by atoms with Gasteiger partial charge in [0.1, 0.15) is 0 Å². The molecule has 0 saturated heterocycles. The van der Waals surface area contributed by atoms with Gasteiger partial charge in [-0.3, -0.25) is 14.9 Å². The number of aromatic nitrogens is 3. The highest BCUT2D eigenvalue weighted by molar-refractivity contribution is 6.04. The summed E-state index contributed by atoms with van der Waals surface area (Å²) in [5.74, 6) is -0.123. The lowest BCUT2D eigenvalue weighted by molar-refractivity contribution is 0.0779. The quantitative estimate of drug-likeness (QED) is 0.630. The number of hydrogen-bond donors (Lipinski definition) is 1. The second kappa shape index (κ2) is 5.77. The zero-order valence-electron chi connectivity index (χ0n) is 13.2. The molecule has 0 aliphatic carbocycles. The number of pyridine rings is 1. The van der Waals surface area contributed by atoms with Crippen LogP contribution in [0.1, 0.15) is 16.2 Å². The van der Waals surface area contributed by atoms with Crippen LogP contribution in [0.15, 0.2) is 60.7 Å². The predicted octanol–water partition coefficient (Wildman–Crippen LogP) is 3.38. The third-order valence-corrected chi connectivity index (χ3v) is 4.07. The number of amides is 1. The molecule has 0 aliphatic rings. The van der Waals surface area contributed by atoms with Crippen LogP contribution in [0.25, 0.3) is 21.8 Å². The van der Waals surface area contributed by atoms with E-state index < -0.39 is 0 Å². The van der Waals surface area contributed by atoms with Crippen molar-refractivity contribution in [2.45, 2.75) is 6.54 Å². The molecule has 0 fully saturated rings. The van der Waals surface area contributed by atoms with E-state index in [0.717, 1.165) is 27.5 Å². The summed E-state index contributed by atoms with van der Waals surface area (Å²) >= 11 is 0. The van der Waals surface area contributed by atoms with Gasteiger partial charge in [-0.1, -0.05) is 42.5 Å². The SMILES string of the molecule is CN(Cc1ccc2ccccc2n1)C(=O)c1n[nH]c2ccccc12. The Labute approximate surface area is 138 Å². The number of aromatic amines is 1. The largest absolute Gasteiger partial charge is 0.334 e.